The summed E-state index contributed by atoms with van der Waals surface area (Å²) in [5, 5.41) is 2.94. The minimum atomic E-state index is 0. The fourth-order valence-corrected chi connectivity index (χ4v) is 3.46. The average molecular weight is 360 g/mol. The molecule has 134 valence electrons. The average Bonchev–Trinajstić information content (AvgIpc) is 3.05. The van der Waals surface area contributed by atoms with Crippen molar-refractivity contribution in [2.24, 2.45) is 11.7 Å². The predicted molar refractivity (Wildman–Crippen MR) is 105 cm³/mol. The van der Waals surface area contributed by atoms with Gasteiger partial charge in [0.05, 0.1) is 0 Å². The van der Waals surface area contributed by atoms with Gasteiger partial charge in [0.15, 0.2) is 0 Å². The lowest BCUT2D eigenvalue weighted by Crippen LogP contribution is -2.27. The number of halogens is 1. The number of para-hydroxylation sites is 1. The van der Waals surface area contributed by atoms with Crippen molar-refractivity contribution in [1.29, 1.82) is 0 Å². The number of rotatable bonds is 6. The zero-order chi connectivity index (χ0) is 16.8. The lowest BCUT2D eigenvalue weighted by Gasteiger charge is -2.16. The number of hydrogen-bond acceptors (Lipinski definition) is 3. The van der Waals surface area contributed by atoms with E-state index in [1.54, 1.807) is 0 Å². The summed E-state index contributed by atoms with van der Waals surface area (Å²) < 4.78 is 0. The van der Waals surface area contributed by atoms with Crippen LogP contribution in [0.25, 0.3) is 0 Å². The highest BCUT2D eigenvalue weighted by molar-refractivity contribution is 5.90. The van der Waals surface area contributed by atoms with Gasteiger partial charge in [-0.2, -0.15) is 0 Å². The standard InChI is InChI=1S/C20H25N3O.ClH/c21-13-17-14-23(15-19(17)16-7-3-1-4-8-16)12-11-20(24)22-18-9-5-2-6-10-18;/h1-10,17,19H,11-15,21H2,(H,22,24);1H/t17-,19+;/m1./s1. The van der Waals surface area contributed by atoms with Crippen molar-refractivity contribution >= 4 is 24.0 Å². The Kier molecular flexibility index (Phi) is 7.44. The molecule has 0 unspecified atom stereocenters. The van der Waals surface area contributed by atoms with Gasteiger partial charge in [-0.1, -0.05) is 48.5 Å². The van der Waals surface area contributed by atoms with Crippen molar-refractivity contribution in [2.45, 2.75) is 12.3 Å². The molecule has 25 heavy (non-hydrogen) atoms. The summed E-state index contributed by atoms with van der Waals surface area (Å²) in [4.78, 5) is 14.5. The first-order chi connectivity index (χ1) is 11.8. The third kappa shape index (κ3) is 5.30. The quantitative estimate of drug-likeness (QED) is 0.833. The molecule has 0 bridgehead atoms. The maximum absolute atomic E-state index is 12.1. The second-order valence-electron chi connectivity index (χ2n) is 6.44. The van der Waals surface area contributed by atoms with E-state index in [1.807, 2.05) is 36.4 Å². The summed E-state index contributed by atoms with van der Waals surface area (Å²) in [6, 6.07) is 20.2. The number of carbonyl (C=O) groups is 1. The Balaban J connectivity index is 0.00000225. The molecule has 0 radical (unpaired) electrons. The van der Waals surface area contributed by atoms with Crippen LogP contribution in [-0.4, -0.2) is 37.0 Å². The van der Waals surface area contributed by atoms with Crippen molar-refractivity contribution in [3.63, 3.8) is 0 Å². The molecule has 2 aromatic rings. The van der Waals surface area contributed by atoms with Gasteiger partial charge in [-0.3, -0.25) is 4.79 Å². The molecule has 2 atom stereocenters. The monoisotopic (exact) mass is 359 g/mol. The van der Waals surface area contributed by atoms with Gasteiger partial charge in [0.2, 0.25) is 5.91 Å². The van der Waals surface area contributed by atoms with Gasteiger partial charge in [0, 0.05) is 37.7 Å². The van der Waals surface area contributed by atoms with Crippen LogP contribution in [0.2, 0.25) is 0 Å². The summed E-state index contributed by atoms with van der Waals surface area (Å²) in [5.41, 5.74) is 8.18. The molecular weight excluding hydrogens is 334 g/mol. The van der Waals surface area contributed by atoms with Crippen molar-refractivity contribution in [3.05, 3.63) is 66.2 Å². The van der Waals surface area contributed by atoms with Crippen molar-refractivity contribution in [1.82, 2.24) is 4.90 Å². The van der Waals surface area contributed by atoms with Crippen LogP contribution in [0.1, 0.15) is 17.9 Å². The van der Waals surface area contributed by atoms with Gasteiger partial charge in [-0.05, 0) is 30.2 Å². The third-order valence-electron chi connectivity index (χ3n) is 4.76. The van der Waals surface area contributed by atoms with Gasteiger partial charge in [-0.25, -0.2) is 0 Å². The molecule has 1 heterocycles. The molecule has 3 rings (SSSR count). The molecule has 4 nitrogen and oxygen atoms in total. The number of carbonyl (C=O) groups excluding carboxylic acids is 1. The molecule has 0 saturated carbocycles. The van der Waals surface area contributed by atoms with Crippen LogP contribution in [0.5, 0.6) is 0 Å². The summed E-state index contributed by atoms with van der Waals surface area (Å²) in [6.07, 6.45) is 0.508. The maximum Gasteiger partial charge on any atom is 0.225 e. The normalized spacial score (nSPS) is 20.0. The summed E-state index contributed by atoms with van der Waals surface area (Å²) in [5.74, 6) is 0.992. The Morgan fingerprint density at radius 1 is 1.04 bits per heavy atom. The Hall–Kier alpha value is -1.88. The first-order valence-electron chi connectivity index (χ1n) is 8.58. The lowest BCUT2D eigenvalue weighted by molar-refractivity contribution is -0.116. The Morgan fingerprint density at radius 3 is 2.32 bits per heavy atom. The van der Waals surface area contributed by atoms with E-state index >= 15 is 0 Å². The summed E-state index contributed by atoms with van der Waals surface area (Å²) >= 11 is 0. The fourth-order valence-electron chi connectivity index (χ4n) is 3.46. The van der Waals surface area contributed by atoms with Crippen LogP contribution in [0, 0.1) is 5.92 Å². The van der Waals surface area contributed by atoms with E-state index in [4.69, 9.17) is 5.73 Å². The second-order valence-corrected chi connectivity index (χ2v) is 6.44. The van der Waals surface area contributed by atoms with E-state index < -0.39 is 0 Å². The van der Waals surface area contributed by atoms with E-state index in [9.17, 15) is 4.79 Å². The lowest BCUT2D eigenvalue weighted by atomic mass is 9.89. The Morgan fingerprint density at radius 2 is 1.68 bits per heavy atom. The SMILES string of the molecule is Cl.NC[C@@H]1CN(CCC(=O)Nc2ccccc2)C[C@H]1c1ccccc1. The minimum absolute atomic E-state index is 0. The van der Waals surface area contributed by atoms with Gasteiger partial charge < -0.3 is 16.0 Å². The second kappa shape index (κ2) is 9.56. The largest absolute Gasteiger partial charge is 0.330 e. The molecule has 1 aliphatic rings. The topological polar surface area (TPSA) is 58.4 Å². The van der Waals surface area contributed by atoms with E-state index in [-0.39, 0.29) is 18.3 Å². The van der Waals surface area contributed by atoms with Crippen LogP contribution in [-0.2, 0) is 4.79 Å². The molecule has 1 aliphatic heterocycles. The highest BCUT2D eigenvalue weighted by Crippen LogP contribution is 2.31. The molecular formula is C20H26ClN3O. The summed E-state index contributed by atoms with van der Waals surface area (Å²) in [7, 11) is 0. The number of hydrogen-bond donors (Lipinski definition) is 2. The molecule has 1 saturated heterocycles. The number of nitrogens with one attached hydrogen (secondary N) is 1. The molecule has 0 spiro atoms. The number of likely N-dealkylation sites (tertiary alicyclic amines) is 1. The van der Waals surface area contributed by atoms with Crippen LogP contribution in [0.3, 0.4) is 0 Å². The van der Waals surface area contributed by atoms with Gasteiger partial charge >= 0.3 is 0 Å². The smallest absolute Gasteiger partial charge is 0.225 e. The molecule has 2 aromatic carbocycles. The van der Waals surface area contributed by atoms with Gasteiger partial charge in [-0.15, -0.1) is 12.4 Å². The fraction of sp³-hybridized carbons (Fsp3) is 0.350. The van der Waals surface area contributed by atoms with Crippen LogP contribution in [0.4, 0.5) is 5.69 Å². The van der Waals surface area contributed by atoms with Crippen LogP contribution in [0.15, 0.2) is 60.7 Å². The zero-order valence-electron chi connectivity index (χ0n) is 14.3. The highest BCUT2D eigenvalue weighted by Gasteiger charge is 2.32. The molecule has 0 aromatic heterocycles. The maximum atomic E-state index is 12.1. The number of anilines is 1. The Labute approximate surface area is 155 Å². The van der Waals surface area contributed by atoms with E-state index in [2.05, 4.69) is 34.5 Å². The molecule has 1 amide bonds. The van der Waals surface area contributed by atoms with Gasteiger partial charge in [0.1, 0.15) is 0 Å². The highest BCUT2D eigenvalue weighted by atomic mass is 35.5. The third-order valence-corrected chi connectivity index (χ3v) is 4.76. The van der Waals surface area contributed by atoms with Crippen molar-refractivity contribution in [2.75, 3.05) is 31.5 Å². The van der Waals surface area contributed by atoms with Crippen LogP contribution >= 0.6 is 12.4 Å². The first kappa shape index (κ1) is 19.4. The molecule has 1 fully saturated rings. The van der Waals surface area contributed by atoms with E-state index in [0.29, 0.717) is 24.8 Å². The van der Waals surface area contributed by atoms with Crippen molar-refractivity contribution in [3.8, 4) is 0 Å². The number of nitrogens with two attached hydrogens (primary N) is 1. The van der Waals surface area contributed by atoms with Crippen molar-refractivity contribution < 1.29 is 4.79 Å². The van der Waals surface area contributed by atoms with Gasteiger partial charge in [0.25, 0.3) is 0 Å². The van der Waals surface area contributed by atoms with E-state index in [0.717, 1.165) is 25.3 Å². The van der Waals surface area contributed by atoms with E-state index in [1.165, 1.54) is 5.56 Å². The van der Waals surface area contributed by atoms with Crippen LogP contribution < -0.4 is 11.1 Å². The predicted octanol–water partition coefficient (Wildman–Crippen LogP) is 3.11. The Bertz CT molecular complexity index is 651. The first-order valence-corrected chi connectivity index (χ1v) is 8.58. The number of amides is 1. The number of benzene rings is 2. The summed E-state index contributed by atoms with van der Waals surface area (Å²) in [6.45, 7) is 3.41. The molecule has 5 heteroatoms. The zero-order valence-corrected chi connectivity index (χ0v) is 15.1. The molecule has 3 N–H and O–H groups in total. The number of nitrogens with zero attached hydrogens (tertiary/aromatic N) is 1. The minimum Gasteiger partial charge on any atom is -0.330 e. The molecule has 0 aliphatic carbocycles.